The molecule has 1 aromatic rings. The Hall–Kier alpha value is -0.860. The van der Waals surface area contributed by atoms with E-state index in [2.05, 4.69) is 55.3 Å². The molecule has 0 unspecified atom stereocenters. The van der Waals surface area contributed by atoms with Gasteiger partial charge in [0.15, 0.2) is 0 Å². The van der Waals surface area contributed by atoms with Crippen molar-refractivity contribution in [2.75, 3.05) is 19.6 Å². The molecule has 2 heteroatoms. The highest BCUT2D eigenvalue weighted by Gasteiger charge is 2.22. The van der Waals surface area contributed by atoms with Gasteiger partial charge in [0.25, 0.3) is 0 Å². The van der Waals surface area contributed by atoms with Gasteiger partial charge in [-0.15, -0.1) is 0 Å². The molecular weight excluding hydrogens is 220 g/mol. The molecule has 1 N–H and O–H groups in total. The van der Waals surface area contributed by atoms with Crippen LogP contribution in [0.2, 0.25) is 0 Å². The molecule has 1 saturated heterocycles. The Labute approximate surface area is 111 Å². The largest absolute Gasteiger partial charge is 0.314 e. The molecule has 0 aromatic heterocycles. The van der Waals surface area contributed by atoms with Gasteiger partial charge in [0.1, 0.15) is 0 Å². The quantitative estimate of drug-likeness (QED) is 0.830. The molecule has 2 rings (SSSR count). The molecule has 0 aliphatic carbocycles. The summed E-state index contributed by atoms with van der Waals surface area (Å²) in [5.41, 5.74) is 2.90. The van der Waals surface area contributed by atoms with Crippen LogP contribution in [0.3, 0.4) is 0 Å². The number of hydrogen-bond acceptors (Lipinski definition) is 2. The molecule has 0 amide bonds. The van der Waals surface area contributed by atoms with Gasteiger partial charge in [-0.2, -0.15) is 0 Å². The van der Waals surface area contributed by atoms with Crippen molar-refractivity contribution in [2.45, 2.75) is 39.8 Å². The zero-order chi connectivity index (χ0) is 13.0. The van der Waals surface area contributed by atoms with Gasteiger partial charge in [0.05, 0.1) is 0 Å². The first kappa shape index (κ1) is 13.6. The Balaban J connectivity index is 1.92. The normalized spacial score (nSPS) is 16.3. The van der Waals surface area contributed by atoms with E-state index in [0.717, 1.165) is 38.1 Å². The van der Waals surface area contributed by atoms with Gasteiger partial charge in [-0.3, -0.25) is 4.90 Å². The van der Waals surface area contributed by atoms with Gasteiger partial charge in [0.2, 0.25) is 0 Å². The Morgan fingerprint density at radius 3 is 2.22 bits per heavy atom. The number of hydrogen-bond donors (Lipinski definition) is 1. The zero-order valence-corrected chi connectivity index (χ0v) is 11.9. The van der Waals surface area contributed by atoms with Gasteiger partial charge in [0, 0.05) is 25.7 Å². The van der Waals surface area contributed by atoms with Gasteiger partial charge in [-0.05, 0) is 30.0 Å². The fraction of sp³-hybridized carbons (Fsp3) is 0.625. The lowest BCUT2D eigenvalue weighted by molar-refractivity contribution is 0.145. The molecule has 0 atom stereocenters. The van der Waals surface area contributed by atoms with Gasteiger partial charge in [-0.25, -0.2) is 0 Å². The minimum absolute atomic E-state index is 0.740. The lowest BCUT2D eigenvalue weighted by atomic mass is 10.0. The summed E-state index contributed by atoms with van der Waals surface area (Å²) < 4.78 is 0. The van der Waals surface area contributed by atoms with Crippen molar-refractivity contribution >= 4 is 0 Å². The Morgan fingerprint density at radius 1 is 1.17 bits per heavy atom. The lowest BCUT2D eigenvalue weighted by Crippen LogP contribution is -2.56. The van der Waals surface area contributed by atoms with E-state index >= 15 is 0 Å². The van der Waals surface area contributed by atoms with Crippen molar-refractivity contribution in [1.29, 1.82) is 0 Å². The molecule has 0 bridgehead atoms. The topological polar surface area (TPSA) is 15.3 Å². The SMILES string of the molecule is CCN(Cc1ccc(CC(C)C)cc1)C1CNC1. The van der Waals surface area contributed by atoms with Crippen LogP contribution < -0.4 is 5.32 Å². The molecule has 2 nitrogen and oxygen atoms in total. The third-order valence-corrected chi connectivity index (χ3v) is 3.74. The zero-order valence-electron chi connectivity index (χ0n) is 11.9. The summed E-state index contributed by atoms with van der Waals surface area (Å²) in [5.74, 6) is 0.740. The molecule has 0 saturated carbocycles. The van der Waals surface area contributed by atoms with Crippen LogP contribution in [0.25, 0.3) is 0 Å². The third-order valence-electron chi connectivity index (χ3n) is 3.74. The number of likely N-dealkylation sites (N-methyl/N-ethyl adjacent to an activating group) is 1. The summed E-state index contributed by atoms with van der Waals surface area (Å²) in [6.07, 6.45) is 1.18. The van der Waals surface area contributed by atoms with Crippen molar-refractivity contribution in [2.24, 2.45) is 5.92 Å². The summed E-state index contributed by atoms with van der Waals surface area (Å²) in [6.45, 7) is 11.3. The van der Waals surface area contributed by atoms with Crippen molar-refractivity contribution in [1.82, 2.24) is 10.2 Å². The molecule has 1 aromatic carbocycles. The summed E-state index contributed by atoms with van der Waals surface area (Å²) in [6, 6.07) is 9.92. The smallest absolute Gasteiger partial charge is 0.0348 e. The summed E-state index contributed by atoms with van der Waals surface area (Å²) in [7, 11) is 0. The van der Waals surface area contributed by atoms with Crippen LogP contribution in [0.5, 0.6) is 0 Å². The Morgan fingerprint density at radius 2 is 1.78 bits per heavy atom. The van der Waals surface area contributed by atoms with E-state index in [1.807, 2.05) is 0 Å². The van der Waals surface area contributed by atoms with Crippen LogP contribution in [0, 0.1) is 5.92 Å². The second-order valence-corrected chi connectivity index (χ2v) is 5.79. The van der Waals surface area contributed by atoms with Crippen LogP contribution in [0.1, 0.15) is 31.9 Å². The van der Waals surface area contributed by atoms with E-state index in [4.69, 9.17) is 0 Å². The predicted molar refractivity (Wildman–Crippen MR) is 77.7 cm³/mol. The molecule has 0 spiro atoms. The predicted octanol–water partition coefficient (Wildman–Crippen LogP) is 2.68. The Kier molecular flexibility index (Phi) is 4.79. The van der Waals surface area contributed by atoms with E-state index in [1.54, 1.807) is 0 Å². The van der Waals surface area contributed by atoms with Crippen LogP contribution in [-0.4, -0.2) is 30.6 Å². The first-order valence-corrected chi connectivity index (χ1v) is 7.21. The molecule has 100 valence electrons. The maximum absolute atomic E-state index is 3.35. The van der Waals surface area contributed by atoms with Crippen molar-refractivity contribution in [3.05, 3.63) is 35.4 Å². The number of nitrogens with zero attached hydrogens (tertiary/aromatic N) is 1. The van der Waals surface area contributed by atoms with E-state index in [1.165, 1.54) is 17.5 Å². The fourth-order valence-electron chi connectivity index (χ4n) is 2.52. The highest BCUT2D eigenvalue weighted by Crippen LogP contribution is 2.14. The number of benzene rings is 1. The van der Waals surface area contributed by atoms with Crippen LogP contribution in [0.4, 0.5) is 0 Å². The number of rotatable bonds is 6. The molecular formula is C16H26N2. The highest BCUT2D eigenvalue weighted by molar-refractivity contribution is 5.23. The fourth-order valence-corrected chi connectivity index (χ4v) is 2.52. The summed E-state index contributed by atoms with van der Waals surface area (Å²) in [4.78, 5) is 2.56. The molecule has 1 aliphatic rings. The second-order valence-electron chi connectivity index (χ2n) is 5.79. The maximum Gasteiger partial charge on any atom is 0.0348 e. The molecule has 1 fully saturated rings. The second kappa shape index (κ2) is 6.35. The van der Waals surface area contributed by atoms with Crippen molar-refractivity contribution in [3.8, 4) is 0 Å². The van der Waals surface area contributed by atoms with Crippen LogP contribution in [-0.2, 0) is 13.0 Å². The van der Waals surface area contributed by atoms with E-state index in [-0.39, 0.29) is 0 Å². The van der Waals surface area contributed by atoms with Gasteiger partial charge < -0.3 is 5.32 Å². The molecule has 18 heavy (non-hydrogen) atoms. The first-order valence-electron chi connectivity index (χ1n) is 7.21. The van der Waals surface area contributed by atoms with Gasteiger partial charge >= 0.3 is 0 Å². The van der Waals surface area contributed by atoms with E-state index < -0.39 is 0 Å². The lowest BCUT2D eigenvalue weighted by Gasteiger charge is -2.37. The van der Waals surface area contributed by atoms with Gasteiger partial charge in [-0.1, -0.05) is 45.0 Å². The minimum atomic E-state index is 0.740. The first-order chi connectivity index (χ1) is 8.69. The van der Waals surface area contributed by atoms with Crippen LogP contribution in [0.15, 0.2) is 24.3 Å². The number of nitrogens with one attached hydrogen (secondary N) is 1. The van der Waals surface area contributed by atoms with Crippen molar-refractivity contribution < 1.29 is 0 Å². The minimum Gasteiger partial charge on any atom is -0.314 e. The highest BCUT2D eigenvalue weighted by atomic mass is 15.2. The van der Waals surface area contributed by atoms with E-state index in [9.17, 15) is 0 Å². The average molecular weight is 246 g/mol. The van der Waals surface area contributed by atoms with E-state index in [0.29, 0.717) is 0 Å². The molecule has 1 heterocycles. The average Bonchev–Trinajstić information content (AvgIpc) is 2.27. The molecule has 1 aliphatic heterocycles. The summed E-state index contributed by atoms with van der Waals surface area (Å²) in [5, 5.41) is 3.35. The summed E-state index contributed by atoms with van der Waals surface area (Å²) >= 11 is 0. The van der Waals surface area contributed by atoms with Crippen molar-refractivity contribution in [3.63, 3.8) is 0 Å². The maximum atomic E-state index is 3.35. The monoisotopic (exact) mass is 246 g/mol. The standard InChI is InChI=1S/C16H26N2/c1-4-18(16-10-17-11-16)12-15-7-5-14(6-8-15)9-13(2)3/h5-8,13,16-17H,4,9-12H2,1-3H3. The van der Waals surface area contributed by atoms with Crippen LogP contribution >= 0.6 is 0 Å². The molecule has 0 radical (unpaired) electrons. The third kappa shape index (κ3) is 3.56. The Bertz CT molecular complexity index is 352.